The van der Waals surface area contributed by atoms with Gasteiger partial charge in [0.05, 0.1) is 13.2 Å². The lowest BCUT2D eigenvalue weighted by molar-refractivity contribution is 0.366. The lowest BCUT2D eigenvalue weighted by Gasteiger charge is -2.19. The summed E-state index contributed by atoms with van der Waals surface area (Å²) in [5.74, 6) is 0.789. The molecule has 1 atom stereocenters. The number of ether oxygens (including phenoxy) is 1. The molecular weight excluding hydrogens is 261 g/mol. The van der Waals surface area contributed by atoms with E-state index in [1.54, 1.807) is 12.1 Å². The zero-order valence-corrected chi connectivity index (χ0v) is 11.2. The van der Waals surface area contributed by atoms with Crippen LogP contribution in [0.4, 0.5) is 4.39 Å². The molecule has 2 heterocycles. The van der Waals surface area contributed by atoms with Gasteiger partial charge in [0, 0.05) is 5.56 Å². The Morgan fingerprint density at radius 3 is 3.05 bits per heavy atom. The molecule has 1 N–H and O–H groups in total. The molecule has 1 fully saturated rings. The lowest BCUT2D eigenvalue weighted by atomic mass is 10.0. The fourth-order valence-electron chi connectivity index (χ4n) is 2.36. The molecule has 2 aromatic rings. The highest BCUT2D eigenvalue weighted by Crippen LogP contribution is 2.27. The molecule has 0 bridgehead atoms. The van der Waals surface area contributed by atoms with E-state index in [-0.39, 0.29) is 11.8 Å². The smallest absolute Gasteiger partial charge is 0.258 e. The number of benzene rings is 1. The van der Waals surface area contributed by atoms with Crippen LogP contribution in [-0.2, 0) is 0 Å². The van der Waals surface area contributed by atoms with E-state index in [1.165, 1.54) is 19.6 Å². The molecule has 3 rings (SSSR count). The van der Waals surface area contributed by atoms with Gasteiger partial charge in [-0.1, -0.05) is 11.6 Å². The molecule has 5 nitrogen and oxygen atoms in total. The maximum Gasteiger partial charge on any atom is 0.258 e. The zero-order chi connectivity index (χ0) is 13.9. The Kier molecular flexibility index (Phi) is 3.64. The van der Waals surface area contributed by atoms with Gasteiger partial charge >= 0.3 is 0 Å². The van der Waals surface area contributed by atoms with Gasteiger partial charge < -0.3 is 14.6 Å². The molecule has 0 radical (unpaired) electrons. The van der Waals surface area contributed by atoms with Crippen molar-refractivity contribution in [3.63, 3.8) is 0 Å². The van der Waals surface area contributed by atoms with E-state index in [0.717, 1.165) is 19.4 Å². The van der Waals surface area contributed by atoms with Crippen LogP contribution in [0, 0.1) is 5.82 Å². The maximum atomic E-state index is 13.4. The maximum absolute atomic E-state index is 13.4. The van der Waals surface area contributed by atoms with Crippen molar-refractivity contribution in [2.75, 3.05) is 13.7 Å². The third kappa shape index (κ3) is 2.51. The molecule has 1 aromatic carbocycles. The van der Waals surface area contributed by atoms with Gasteiger partial charge in [0.25, 0.3) is 5.89 Å². The third-order valence-electron chi connectivity index (χ3n) is 3.46. The summed E-state index contributed by atoms with van der Waals surface area (Å²) < 4.78 is 23.6. The average molecular weight is 277 g/mol. The highest BCUT2D eigenvalue weighted by atomic mass is 19.1. The summed E-state index contributed by atoms with van der Waals surface area (Å²) in [6.07, 6.45) is 3.34. The highest BCUT2D eigenvalue weighted by Gasteiger charge is 2.21. The molecule has 0 spiro atoms. The number of nitrogens with one attached hydrogen (secondary N) is 1. The molecule has 6 heteroatoms. The summed E-state index contributed by atoms with van der Waals surface area (Å²) in [6, 6.07) is 4.63. The minimum atomic E-state index is -0.412. The monoisotopic (exact) mass is 277 g/mol. The number of halogens is 1. The molecule has 20 heavy (non-hydrogen) atoms. The number of hydrogen-bond donors (Lipinski definition) is 1. The minimum Gasteiger partial charge on any atom is -0.494 e. The topological polar surface area (TPSA) is 60.2 Å². The van der Waals surface area contributed by atoms with Crippen LogP contribution >= 0.6 is 0 Å². The van der Waals surface area contributed by atoms with Gasteiger partial charge in [0.15, 0.2) is 17.4 Å². The Morgan fingerprint density at radius 2 is 2.30 bits per heavy atom. The zero-order valence-electron chi connectivity index (χ0n) is 11.2. The summed E-state index contributed by atoms with van der Waals surface area (Å²) in [5, 5.41) is 7.37. The second-order valence-corrected chi connectivity index (χ2v) is 4.81. The molecule has 1 unspecified atom stereocenters. The molecule has 1 aliphatic rings. The Balaban J connectivity index is 1.85. The molecule has 106 valence electrons. The van der Waals surface area contributed by atoms with Crippen molar-refractivity contribution in [2.45, 2.75) is 25.3 Å². The number of piperidine rings is 1. The Bertz CT molecular complexity index is 594. The predicted octanol–water partition coefficient (Wildman–Crippen LogP) is 2.70. The minimum absolute atomic E-state index is 0.142. The second-order valence-electron chi connectivity index (χ2n) is 4.81. The normalized spacial score (nSPS) is 19.0. The number of methoxy groups -OCH3 is 1. The molecule has 1 aromatic heterocycles. The van der Waals surface area contributed by atoms with Crippen molar-refractivity contribution in [2.24, 2.45) is 0 Å². The third-order valence-corrected chi connectivity index (χ3v) is 3.46. The highest BCUT2D eigenvalue weighted by molar-refractivity contribution is 5.56. The summed E-state index contributed by atoms with van der Waals surface area (Å²) in [4.78, 5) is 4.39. The van der Waals surface area contributed by atoms with Gasteiger partial charge in [-0.05, 0) is 37.6 Å². The van der Waals surface area contributed by atoms with Gasteiger partial charge in [-0.2, -0.15) is 4.98 Å². The molecule has 0 aliphatic carbocycles. The number of hydrogen-bond acceptors (Lipinski definition) is 5. The Labute approximate surface area is 116 Å². The summed E-state index contributed by atoms with van der Waals surface area (Å²) in [6.45, 7) is 0.971. The van der Waals surface area contributed by atoms with Crippen LogP contribution in [-0.4, -0.2) is 23.8 Å². The van der Waals surface area contributed by atoms with Crippen LogP contribution in [0.15, 0.2) is 22.7 Å². The first kappa shape index (κ1) is 13.1. The van der Waals surface area contributed by atoms with Gasteiger partial charge in [-0.25, -0.2) is 4.39 Å². The fourth-order valence-corrected chi connectivity index (χ4v) is 2.36. The van der Waals surface area contributed by atoms with Gasteiger partial charge in [-0.3, -0.25) is 0 Å². The number of rotatable bonds is 3. The van der Waals surface area contributed by atoms with Crippen LogP contribution in [0.5, 0.6) is 5.75 Å². The van der Waals surface area contributed by atoms with E-state index >= 15 is 0 Å². The van der Waals surface area contributed by atoms with Gasteiger partial charge in [0.2, 0.25) is 0 Å². The van der Waals surface area contributed by atoms with Crippen LogP contribution < -0.4 is 10.1 Å². The summed E-state index contributed by atoms with van der Waals surface area (Å²) >= 11 is 0. The van der Waals surface area contributed by atoms with Crippen molar-refractivity contribution in [3.8, 4) is 17.2 Å². The second kappa shape index (κ2) is 5.58. The first-order valence-electron chi connectivity index (χ1n) is 6.69. The Hall–Kier alpha value is -1.95. The van der Waals surface area contributed by atoms with E-state index < -0.39 is 5.82 Å². The average Bonchev–Trinajstić information content (AvgIpc) is 2.98. The quantitative estimate of drug-likeness (QED) is 0.934. The SMILES string of the molecule is COc1cc(-c2nc(C3CCCCN3)no2)ccc1F. The van der Waals surface area contributed by atoms with Gasteiger partial charge in [-0.15, -0.1) is 0 Å². The first-order valence-corrected chi connectivity index (χ1v) is 6.69. The predicted molar refractivity (Wildman–Crippen MR) is 70.8 cm³/mol. The molecule has 1 aliphatic heterocycles. The van der Waals surface area contributed by atoms with Crippen molar-refractivity contribution in [1.82, 2.24) is 15.5 Å². The van der Waals surface area contributed by atoms with E-state index in [4.69, 9.17) is 9.26 Å². The van der Waals surface area contributed by atoms with Crippen molar-refractivity contribution < 1.29 is 13.7 Å². The number of aromatic nitrogens is 2. The molecule has 0 amide bonds. The summed E-state index contributed by atoms with van der Waals surface area (Å²) in [7, 11) is 1.42. The summed E-state index contributed by atoms with van der Waals surface area (Å²) in [5.41, 5.74) is 0.651. The fraction of sp³-hybridized carbons (Fsp3) is 0.429. The lowest BCUT2D eigenvalue weighted by Crippen LogP contribution is -2.27. The van der Waals surface area contributed by atoms with Crippen molar-refractivity contribution in [1.29, 1.82) is 0 Å². The molecule has 1 saturated heterocycles. The van der Waals surface area contributed by atoms with E-state index in [0.29, 0.717) is 17.3 Å². The van der Waals surface area contributed by atoms with E-state index in [9.17, 15) is 4.39 Å². The largest absolute Gasteiger partial charge is 0.494 e. The van der Waals surface area contributed by atoms with Crippen LogP contribution in [0.1, 0.15) is 31.1 Å². The van der Waals surface area contributed by atoms with Crippen molar-refractivity contribution >= 4 is 0 Å². The first-order chi connectivity index (χ1) is 9.78. The van der Waals surface area contributed by atoms with E-state index in [1.807, 2.05) is 0 Å². The van der Waals surface area contributed by atoms with E-state index in [2.05, 4.69) is 15.5 Å². The number of nitrogens with zero attached hydrogens (tertiary/aromatic N) is 2. The molecule has 0 saturated carbocycles. The van der Waals surface area contributed by atoms with Gasteiger partial charge in [0.1, 0.15) is 0 Å². The van der Waals surface area contributed by atoms with Crippen molar-refractivity contribution in [3.05, 3.63) is 29.8 Å². The standard InChI is InChI=1S/C14H16FN3O2/c1-19-12-8-9(5-6-10(12)15)14-17-13(18-20-14)11-4-2-3-7-16-11/h5-6,8,11,16H,2-4,7H2,1H3. The van der Waals surface area contributed by atoms with Crippen LogP contribution in [0.3, 0.4) is 0 Å². The van der Waals surface area contributed by atoms with Crippen LogP contribution in [0.2, 0.25) is 0 Å². The van der Waals surface area contributed by atoms with Crippen LogP contribution in [0.25, 0.3) is 11.5 Å². The Morgan fingerprint density at radius 1 is 1.40 bits per heavy atom. The molecular formula is C14H16FN3O2.